The quantitative estimate of drug-likeness (QED) is 0.734. The number of nitrogens with one attached hydrogen (secondary N) is 1. The molecule has 21 heavy (non-hydrogen) atoms. The number of halogens is 2. The highest BCUT2D eigenvalue weighted by atomic mass is 35.5. The van der Waals surface area contributed by atoms with E-state index < -0.39 is 37.3 Å². The highest BCUT2D eigenvalue weighted by Gasteiger charge is 2.21. The van der Waals surface area contributed by atoms with E-state index >= 15 is 0 Å². The summed E-state index contributed by atoms with van der Waals surface area (Å²) in [7, 11) is -0.285. The third-order valence-corrected chi connectivity index (χ3v) is 4.44. The van der Waals surface area contributed by atoms with Crippen LogP contribution >= 0.6 is 11.6 Å². The minimum absolute atomic E-state index is 0.160. The number of nitrogens with zero attached hydrogens (tertiary/aromatic N) is 1. The van der Waals surface area contributed by atoms with Gasteiger partial charge in [-0.15, -0.1) is 0 Å². The summed E-state index contributed by atoms with van der Waals surface area (Å²) in [6.45, 7) is 0.838. The number of hydrogen-bond donors (Lipinski definition) is 2. The van der Waals surface area contributed by atoms with Crippen molar-refractivity contribution in [1.29, 1.82) is 0 Å². The van der Waals surface area contributed by atoms with E-state index in [0.717, 1.165) is 6.07 Å². The van der Waals surface area contributed by atoms with Crippen molar-refractivity contribution in [2.24, 2.45) is 0 Å². The van der Waals surface area contributed by atoms with E-state index in [1.807, 2.05) is 19.0 Å². The molecule has 0 aliphatic heterocycles. The van der Waals surface area contributed by atoms with Crippen molar-refractivity contribution in [2.45, 2.75) is 11.3 Å². The van der Waals surface area contributed by atoms with Crippen LogP contribution in [0, 0.1) is 5.82 Å². The average Bonchev–Trinajstić information content (AvgIpc) is 2.37. The van der Waals surface area contributed by atoms with Crippen LogP contribution in [0.25, 0.3) is 0 Å². The Morgan fingerprint density at radius 2 is 2.05 bits per heavy atom. The van der Waals surface area contributed by atoms with E-state index in [9.17, 15) is 17.6 Å². The summed E-state index contributed by atoms with van der Waals surface area (Å²) in [4.78, 5) is 12.3. The Kier molecular flexibility index (Phi) is 6.09. The van der Waals surface area contributed by atoms with Crippen LogP contribution in [0.3, 0.4) is 0 Å². The summed E-state index contributed by atoms with van der Waals surface area (Å²) in [5, 5.41) is 8.27. The molecular formula is C12H16ClFN2O4S. The highest BCUT2D eigenvalue weighted by Crippen LogP contribution is 2.24. The van der Waals surface area contributed by atoms with Gasteiger partial charge >= 0.3 is 5.97 Å². The average molecular weight is 339 g/mol. The maximum Gasteiger partial charge on any atom is 0.337 e. The lowest BCUT2D eigenvalue weighted by atomic mass is 10.2. The summed E-state index contributed by atoms with van der Waals surface area (Å²) >= 11 is 5.50. The van der Waals surface area contributed by atoms with Gasteiger partial charge in [0.2, 0.25) is 10.0 Å². The van der Waals surface area contributed by atoms with E-state index in [0.29, 0.717) is 19.0 Å². The zero-order valence-corrected chi connectivity index (χ0v) is 13.1. The Morgan fingerprint density at radius 1 is 1.43 bits per heavy atom. The van der Waals surface area contributed by atoms with Gasteiger partial charge in [-0.2, -0.15) is 0 Å². The first kappa shape index (κ1) is 17.8. The Labute approximate surface area is 127 Å². The van der Waals surface area contributed by atoms with Gasteiger partial charge in [0.15, 0.2) is 0 Å². The van der Waals surface area contributed by atoms with E-state index in [2.05, 4.69) is 4.72 Å². The molecule has 0 amide bonds. The minimum Gasteiger partial charge on any atom is -0.478 e. The molecule has 9 heteroatoms. The van der Waals surface area contributed by atoms with Gasteiger partial charge in [-0.05, 0) is 39.2 Å². The first-order valence-corrected chi connectivity index (χ1v) is 7.88. The molecule has 0 saturated carbocycles. The van der Waals surface area contributed by atoms with Gasteiger partial charge in [-0.3, -0.25) is 0 Å². The van der Waals surface area contributed by atoms with E-state index in [1.54, 1.807) is 0 Å². The molecule has 0 aromatic heterocycles. The standard InChI is InChI=1S/C12H16ClFN2O4S/c1-16(2)5-3-4-15-21(19,20)8-6-9(12(17)18)11(13)10(14)7-8/h6-7,15H,3-5H2,1-2H3,(H,17,18). The number of aromatic carboxylic acids is 1. The van der Waals surface area contributed by atoms with Crippen LogP contribution in [0.2, 0.25) is 5.02 Å². The monoisotopic (exact) mass is 338 g/mol. The normalized spacial score (nSPS) is 11.9. The van der Waals surface area contributed by atoms with Crippen molar-refractivity contribution < 1.29 is 22.7 Å². The molecule has 118 valence electrons. The number of benzene rings is 1. The second kappa shape index (κ2) is 7.17. The SMILES string of the molecule is CN(C)CCCNS(=O)(=O)c1cc(F)c(Cl)c(C(=O)O)c1. The molecule has 0 atom stereocenters. The molecule has 0 radical (unpaired) electrons. The van der Waals surface area contributed by atoms with Gasteiger partial charge in [0.1, 0.15) is 5.82 Å². The second-order valence-corrected chi connectivity index (χ2v) is 6.77. The molecule has 0 heterocycles. The number of carboxylic acids is 1. The minimum atomic E-state index is -3.98. The predicted molar refractivity (Wildman–Crippen MR) is 76.7 cm³/mol. The number of rotatable bonds is 7. The number of carbonyl (C=O) groups is 1. The summed E-state index contributed by atoms with van der Waals surface area (Å²) in [5.41, 5.74) is -0.592. The highest BCUT2D eigenvalue weighted by molar-refractivity contribution is 7.89. The van der Waals surface area contributed by atoms with Gasteiger partial charge in [0, 0.05) is 6.54 Å². The third kappa shape index (κ3) is 4.92. The first-order valence-electron chi connectivity index (χ1n) is 6.02. The summed E-state index contributed by atoms with van der Waals surface area (Å²) in [6, 6.07) is 1.53. The molecule has 1 aromatic rings. The Hall–Kier alpha value is -1.22. The van der Waals surface area contributed by atoms with Gasteiger partial charge in [0.25, 0.3) is 0 Å². The lowest BCUT2D eigenvalue weighted by Crippen LogP contribution is -2.27. The molecule has 1 aromatic carbocycles. The van der Waals surface area contributed by atoms with Crippen molar-refractivity contribution in [1.82, 2.24) is 9.62 Å². The van der Waals surface area contributed by atoms with Crippen LogP contribution in [0.1, 0.15) is 16.8 Å². The van der Waals surface area contributed by atoms with Gasteiger partial charge in [-0.25, -0.2) is 22.3 Å². The Bertz CT molecular complexity index is 634. The fraction of sp³-hybridized carbons (Fsp3) is 0.417. The molecule has 0 aliphatic rings. The fourth-order valence-electron chi connectivity index (χ4n) is 1.56. The summed E-state index contributed by atoms with van der Waals surface area (Å²) < 4.78 is 39.8. The van der Waals surface area contributed by atoms with Crippen LogP contribution in [0.5, 0.6) is 0 Å². The summed E-state index contributed by atoms with van der Waals surface area (Å²) in [6.07, 6.45) is 0.564. The molecule has 1 rings (SSSR count). The van der Waals surface area contributed by atoms with E-state index in [4.69, 9.17) is 16.7 Å². The predicted octanol–water partition coefficient (Wildman–Crippen LogP) is 1.41. The van der Waals surface area contributed by atoms with Crippen LogP contribution in [0.4, 0.5) is 4.39 Å². The second-order valence-electron chi connectivity index (χ2n) is 4.63. The molecule has 6 nitrogen and oxygen atoms in total. The smallest absolute Gasteiger partial charge is 0.337 e. The molecule has 0 fully saturated rings. The number of hydrogen-bond acceptors (Lipinski definition) is 4. The third-order valence-electron chi connectivity index (χ3n) is 2.62. The Morgan fingerprint density at radius 3 is 2.57 bits per heavy atom. The van der Waals surface area contributed by atoms with E-state index in [1.165, 1.54) is 0 Å². The van der Waals surface area contributed by atoms with Crippen LogP contribution in [-0.2, 0) is 10.0 Å². The topological polar surface area (TPSA) is 86.7 Å². The van der Waals surface area contributed by atoms with Crippen molar-refractivity contribution in [3.63, 3.8) is 0 Å². The van der Waals surface area contributed by atoms with Crippen LogP contribution in [-0.4, -0.2) is 51.6 Å². The maximum atomic E-state index is 13.5. The van der Waals surface area contributed by atoms with Crippen molar-refractivity contribution in [3.8, 4) is 0 Å². The maximum absolute atomic E-state index is 13.5. The van der Waals surface area contributed by atoms with Crippen molar-refractivity contribution in [2.75, 3.05) is 27.2 Å². The molecule has 0 aliphatic carbocycles. The molecule has 0 unspecified atom stereocenters. The van der Waals surface area contributed by atoms with Gasteiger partial charge in [-0.1, -0.05) is 11.6 Å². The molecule has 0 spiro atoms. The van der Waals surface area contributed by atoms with Crippen LogP contribution < -0.4 is 4.72 Å². The molecule has 2 N–H and O–H groups in total. The lowest BCUT2D eigenvalue weighted by molar-refractivity contribution is 0.0696. The Balaban J connectivity index is 2.96. The fourth-order valence-corrected chi connectivity index (χ4v) is 2.86. The largest absolute Gasteiger partial charge is 0.478 e. The number of sulfonamides is 1. The van der Waals surface area contributed by atoms with Crippen LogP contribution in [0.15, 0.2) is 17.0 Å². The molecule has 0 bridgehead atoms. The van der Waals surface area contributed by atoms with Crippen molar-refractivity contribution in [3.05, 3.63) is 28.5 Å². The van der Waals surface area contributed by atoms with Gasteiger partial charge in [0.05, 0.1) is 15.5 Å². The number of carboxylic acid groups (broad SMARTS) is 1. The molecular weight excluding hydrogens is 323 g/mol. The first-order chi connectivity index (χ1) is 9.65. The van der Waals surface area contributed by atoms with Gasteiger partial charge < -0.3 is 10.0 Å². The lowest BCUT2D eigenvalue weighted by Gasteiger charge is -2.11. The zero-order chi connectivity index (χ0) is 16.2. The zero-order valence-electron chi connectivity index (χ0n) is 11.6. The molecule has 0 saturated heterocycles. The van der Waals surface area contributed by atoms with E-state index in [-0.39, 0.29) is 6.54 Å². The van der Waals surface area contributed by atoms with Crippen molar-refractivity contribution >= 4 is 27.6 Å². The summed E-state index contributed by atoms with van der Waals surface area (Å²) in [5.74, 6) is -2.59.